The van der Waals surface area contributed by atoms with E-state index in [2.05, 4.69) is 0 Å². The molecule has 1 fully saturated rings. The Balaban J connectivity index is 2.58. The average Bonchev–Trinajstić information content (AvgIpc) is 2.53. The second kappa shape index (κ2) is 6.73. The molecule has 17 heavy (non-hydrogen) atoms. The summed E-state index contributed by atoms with van der Waals surface area (Å²) >= 11 is 0. The number of ether oxygens (including phenoxy) is 3. The van der Waals surface area contributed by atoms with Crippen molar-refractivity contribution in [3.8, 4) is 0 Å². The van der Waals surface area contributed by atoms with Gasteiger partial charge >= 0.3 is 0 Å². The summed E-state index contributed by atoms with van der Waals surface area (Å²) in [6.07, 6.45) is -0.899. The van der Waals surface area contributed by atoms with Crippen LogP contribution in [0.2, 0.25) is 6.82 Å². The van der Waals surface area contributed by atoms with Crippen molar-refractivity contribution in [3.63, 3.8) is 0 Å². The third kappa shape index (κ3) is 4.25. The summed E-state index contributed by atoms with van der Waals surface area (Å²) in [5.41, 5.74) is 0. The maximum atomic E-state index is 10.1. The Hall–Kier alpha value is -0.0951. The van der Waals surface area contributed by atoms with Crippen molar-refractivity contribution in [2.45, 2.75) is 71.0 Å². The van der Waals surface area contributed by atoms with Gasteiger partial charge in [-0.15, -0.1) is 0 Å². The topological polar surface area (TPSA) is 47.9 Å². The van der Waals surface area contributed by atoms with Crippen molar-refractivity contribution in [2.75, 3.05) is 6.61 Å². The molecule has 0 spiro atoms. The monoisotopic (exact) mass is 243 g/mol. The molecule has 4 atom stereocenters. The summed E-state index contributed by atoms with van der Waals surface area (Å²) in [7, 11) is 1.86. The minimum atomic E-state index is -0.608. The Kier molecular flexibility index (Phi) is 5.93. The van der Waals surface area contributed by atoms with Crippen molar-refractivity contribution in [1.82, 2.24) is 0 Å². The van der Waals surface area contributed by atoms with E-state index in [4.69, 9.17) is 14.2 Å². The number of hydrogen-bond acceptors (Lipinski definition) is 4. The van der Waals surface area contributed by atoms with Gasteiger partial charge in [0.1, 0.15) is 25.6 Å². The average molecular weight is 243 g/mol. The smallest absolute Gasteiger partial charge is 0.149 e. The number of aliphatic hydroxyl groups is 1. The van der Waals surface area contributed by atoms with E-state index in [0.717, 1.165) is 0 Å². The molecule has 1 radical (unpaired) electrons. The normalized spacial score (nSPS) is 33.6. The molecule has 0 aromatic rings. The third-order valence-electron chi connectivity index (χ3n) is 2.72. The SMILES string of the molecule is C[B][C@@H]1O[C@H](COC(C)C)[C@H](OC(C)C)C1O. The highest BCUT2D eigenvalue weighted by atomic mass is 16.6. The first kappa shape index (κ1) is 15.0. The minimum Gasteiger partial charge on any atom is -0.388 e. The zero-order valence-electron chi connectivity index (χ0n) is 11.4. The van der Waals surface area contributed by atoms with Crippen LogP contribution in [0.3, 0.4) is 0 Å². The lowest BCUT2D eigenvalue weighted by atomic mass is 9.72. The Morgan fingerprint density at radius 3 is 2.35 bits per heavy atom. The molecule has 1 aliphatic heterocycles. The van der Waals surface area contributed by atoms with Crippen LogP contribution in [0.4, 0.5) is 0 Å². The zero-order chi connectivity index (χ0) is 13.0. The van der Waals surface area contributed by atoms with Crippen molar-refractivity contribution < 1.29 is 19.3 Å². The lowest BCUT2D eigenvalue weighted by Crippen LogP contribution is -2.39. The minimum absolute atomic E-state index is 0.0652. The van der Waals surface area contributed by atoms with Crippen LogP contribution in [0.5, 0.6) is 0 Å². The van der Waals surface area contributed by atoms with Crippen molar-refractivity contribution in [1.29, 1.82) is 0 Å². The fraction of sp³-hybridized carbons (Fsp3) is 1.00. The van der Waals surface area contributed by atoms with Crippen molar-refractivity contribution >= 4 is 7.28 Å². The molecule has 1 heterocycles. The maximum Gasteiger partial charge on any atom is 0.149 e. The molecule has 0 amide bonds. The van der Waals surface area contributed by atoms with Crippen LogP contribution in [0.1, 0.15) is 27.7 Å². The standard InChI is InChI=1S/C12H24BO4/c1-7(2)15-6-9-11(16-8(3)4)10(14)12(13-5)17-9/h7-12,14H,6H2,1-5H3/t9-,10?,11+,12-/m1/s1. The van der Waals surface area contributed by atoms with Crippen LogP contribution in [-0.2, 0) is 14.2 Å². The van der Waals surface area contributed by atoms with Gasteiger partial charge in [-0.3, -0.25) is 0 Å². The Labute approximate surface area is 105 Å². The first-order valence-electron chi connectivity index (χ1n) is 6.35. The van der Waals surface area contributed by atoms with Crippen LogP contribution in [0.25, 0.3) is 0 Å². The van der Waals surface area contributed by atoms with Gasteiger partial charge in [0.15, 0.2) is 0 Å². The number of rotatable bonds is 6. The molecule has 0 aromatic carbocycles. The largest absolute Gasteiger partial charge is 0.388 e. The van der Waals surface area contributed by atoms with Gasteiger partial charge in [-0.1, -0.05) is 6.82 Å². The Bertz CT molecular complexity index is 223. The summed E-state index contributed by atoms with van der Waals surface area (Å²) in [4.78, 5) is 0. The molecule has 0 aromatic heterocycles. The van der Waals surface area contributed by atoms with E-state index in [0.29, 0.717) is 6.61 Å². The van der Waals surface area contributed by atoms with Gasteiger partial charge in [-0.25, -0.2) is 0 Å². The molecule has 4 nitrogen and oxygen atoms in total. The molecule has 1 saturated heterocycles. The lowest BCUT2D eigenvalue weighted by molar-refractivity contribution is -0.0931. The zero-order valence-corrected chi connectivity index (χ0v) is 11.4. The first-order valence-corrected chi connectivity index (χ1v) is 6.35. The van der Waals surface area contributed by atoms with Gasteiger partial charge in [-0.05, 0) is 27.7 Å². The highest BCUT2D eigenvalue weighted by Crippen LogP contribution is 2.25. The summed E-state index contributed by atoms with van der Waals surface area (Å²) < 4.78 is 17.0. The van der Waals surface area contributed by atoms with Crippen molar-refractivity contribution in [3.05, 3.63) is 0 Å². The lowest BCUT2D eigenvalue weighted by Gasteiger charge is -2.23. The second-order valence-electron chi connectivity index (χ2n) is 4.99. The van der Waals surface area contributed by atoms with E-state index in [-0.39, 0.29) is 30.4 Å². The molecule has 1 rings (SSSR count). The second-order valence-corrected chi connectivity index (χ2v) is 4.99. The predicted octanol–water partition coefficient (Wildman–Crippen LogP) is 1.04. The Morgan fingerprint density at radius 1 is 1.24 bits per heavy atom. The fourth-order valence-electron chi connectivity index (χ4n) is 1.95. The summed E-state index contributed by atoms with van der Waals surface area (Å²) in [6.45, 7) is 10.2. The van der Waals surface area contributed by atoms with Gasteiger partial charge < -0.3 is 19.3 Å². The van der Waals surface area contributed by atoms with Gasteiger partial charge in [0.2, 0.25) is 0 Å². The van der Waals surface area contributed by atoms with E-state index in [1.807, 2.05) is 41.8 Å². The molecule has 0 aliphatic carbocycles. The van der Waals surface area contributed by atoms with Crippen LogP contribution in [0.15, 0.2) is 0 Å². The highest BCUT2D eigenvalue weighted by Gasteiger charge is 2.43. The first-order chi connectivity index (χ1) is 7.95. The quantitative estimate of drug-likeness (QED) is 0.708. The molecule has 0 saturated carbocycles. The molecule has 1 aliphatic rings. The van der Waals surface area contributed by atoms with E-state index < -0.39 is 6.10 Å². The fourth-order valence-corrected chi connectivity index (χ4v) is 1.95. The van der Waals surface area contributed by atoms with Crippen LogP contribution >= 0.6 is 0 Å². The summed E-state index contributed by atoms with van der Waals surface area (Å²) in [5.74, 6) is 0. The molecule has 1 unspecified atom stereocenters. The number of hydrogen-bond donors (Lipinski definition) is 1. The third-order valence-corrected chi connectivity index (χ3v) is 2.72. The molecule has 1 N–H and O–H groups in total. The van der Waals surface area contributed by atoms with Crippen molar-refractivity contribution in [2.24, 2.45) is 0 Å². The molecular formula is C12H24BO4. The predicted molar refractivity (Wildman–Crippen MR) is 67.4 cm³/mol. The molecular weight excluding hydrogens is 219 g/mol. The van der Waals surface area contributed by atoms with Gasteiger partial charge in [0.25, 0.3) is 0 Å². The van der Waals surface area contributed by atoms with Crippen LogP contribution < -0.4 is 0 Å². The summed E-state index contributed by atoms with van der Waals surface area (Å²) in [6, 6.07) is -0.264. The van der Waals surface area contributed by atoms with Crippen LogP contribution in [-0.4, -0.2) is 55.5 Å². The van der Waals surface area contributed by atoms with Gasteiger partial charge in [0, 0.05) is 0 Å². The Morgan fingerprint density at radius 2 is 1.88 bits per heavy atom. The van der Waals surface area contributed by atoms with E-state index in [1.54, 1.807) is 0 Å². The number of aliphatic hydroxyl groups excluding tert-OH is 1. The van der Waals surface area contributed by atoms with Crippen LogP contribution in [0, 0.1) is 0 Å². The molecule has 99 valence electrons. The molecule has 0 bridgehead atoms. The van der Waals surface area contributed by atoms with E-state index >= 15 is 0 Å². The summed E-state index contributed by atoms with van der Waals surface area (Å²) in [5, 5.41) is 10.1. The van der Waals surface area contributed by atoms with Gasteiger partial charge in [0.05, 0.1) is 24.8 Å². The van der Waals surface area contributed by atoms with E-state index in [1.165, 1.54) is 0 Å². The highest BCUT2D eigenvalue weighted by molar-refractivity contribution is 6.35. The van der Waals surface area contributed by atoms with Gasteiger partial charge in [-0.2, -0.15) is 0 Å². The molecule has 5 heteroatoms. The van der Waals surface area contributed by atoms with E-state index in [9.17, 15) is 5.11 Å². The maximum absolute atomic E-state index is 10.1.